The number of hydrogen-bond donors (Lipinski definition) is 1. The van der Waals surface area contributed by atoms with Crippen LogP contribution in [0.4, 0.5) is 0 Å². The molecule has 0 aromatic heterocycles. The van der Waals surface area contributed by atoms with Gasteiger partial charge in [0.15, 0.2) is 0 Å². The van der Waals surface area contributed by atoms with Crippen LogP contribution in [0.5, 0.6) is 5.75 Å². The molecule has 0 heterocycles. The molecule has 0 aliphatic carbocycles. The molecule has 12 heavy (non-hydrogen) atoms. The highest BCUT2D eigenvalue weighted by Crippen LogP contribution is 2.25. The van der Waals surface area contributed by atoms with Crippen molar-refractivity contribution in [2.24, 2.45) is 0 Å². The van der Waals surface area contributed by atoms with Crippen LogP contribution in [0.15, 0.2) is 36.4 Å². The number of allylic oxidation sites excluding steroid dienone is 2. The molecule has 1 N–H and O–H groups in total. The summed E-state index contributed by atoms with van der Waals surface area (Å²) in [5, 5.41) is 9.47. The Kier molecular flexibility index (Phi) is 2.92. The van der Waals surface area contributed by atoms with Gasteiger partial charge in [-0.3, -0.25) is 0 Å². The molecule has 0 amide bonds. The van der Waals surface area contributed by atoms with Crippen LogP contribution in [0, 0.1) is 0 Å². The van der Waals surface area contributed by atoms with E-state index >= 15 is 0 Å². The summed E-state index contributed by atoms with van der Waals surface area (Å²) >= 11 is 0. The molecule has 1 aromatic carbocycles. The first-order chi connectivity index (χ1) is 5.75. The number of aromatic hydroxyl groups is 1. The van der Waals surface area contributed by atoms with E-state index < -0.39 is 0 Å². The van der Waals surface area contributed by atoms with Crippen LogP contribution in [0.25, 0.3) is 0 Å². The Morgan fingerprint density at radius 3 is 2.58 bits per heavy atom. The highest BCUT2D eigenvalue weighted by Gasteiger charge is 2.04. The van der Waals surface area contributed by atoms with Crippen molar-refractivity contribution >= 4 is 0 Å². The van der Waals surface area contributed by atoms with E-state index in [1.165, 1.54) is 0 Å². The fourth-order valence-corrected chi connectivity index (χ4v) is 1.26. The van der Waals surface area contributed by atoms with Gasteiger partial charge in [-0.25, -0.2) is 0 Å². The largest absolute Gasteiger partial charge is 0.508 e. The summed E-state index contributed by atoms with van der Waals surface area (Å²) in [6.45, 7) is 4.05. The first-order valence-electron chi connectivity index (χ1n) is 4.16. The quantitative estimate of drug-likeness (QED) is 0.662. The molecular weight excluding hydrogens is 148 g/mol. The van der Waals surface area contributed by atoms with Crippen molar-refractivity contribution < 1.29 is 5.11 Å². The first kappa shape index (κ1) is 8.85. The van der Waals surface area contributed by atoms with Gasteiger partial charge in [0.2, 0.25) is 0 Å². The molecule has 0 radical (unpaired) electrons. The Morgan fingerprint density at radius 1 is 1.33 bits per heavy atom. The lowest BCUT2D eigenvalue weighted by Crippen LogP contribution is -1.88. The van der Waals surface area contributed by atoms with Crippen molar-refractivity contribution in [2.75, 3.05) is 0 Å². The van der Waals surface area contributed by atoms with Crippen LogP contribution in [0.3, 0.4) is 0 Å². The minimum absolute atomic E-state index is 0.288. The van der Waals surface area contributed by atoms with E-state index in [4.69, 9.17) is 0 Å². The number of hydrogen-bond acceptors (Lipinski definition) is 1. The van der Waals surface area contributed by atoms with Gasteiger partial charge in [-0.1, -0.05) is 37.3 Å². The molecule has 0 aliphatic rings. The average molecular weight is 162 g/mol. The summed E-state index contributed by atoms with van der Waals surface area (Å²) in [6, 6.07) is 7.44. The molecule has 1 rings (SSSR count). The average Bonchev–Trinajstić information content (AvgIpc) is 2.05. The highest BCUT2D eigenvalue weighted by molar-refractivity contribution is 5.36. The van der Waals surface area contributed by atoms with Crippen molar-refractivity contribution in [2.45, 2.75) is 19.8 Å². The molecule has 0 saturated carbocycles. The molecule has 1 aromatic rings. The maximum absolute atomic E-state index is 9.47. The summed E-state index contributed by atoms with van der Waals surface area (Å²) in [4.78, 5) is 0. The lowest BCUT2D eigenvalue weighted by molar-refractivity contribution is 0.466. The Labute approximate surface area is 73.4 Å². The predicted molar refractivity (Wildman–Crippen MR) is 51.3 cm³/mol. The van der Waals surface area contributed by atoms with Gasteiger partial charge in [-0.15, -0.1) is 0 Å². The molecule has 0 aliphatic heterocycles. The standard InChI is InChI=1S/C11H14O/c1-3-6-9(2)10-7-4-5-8-11(10)12/h3-9,12H,1-2H3/b6-3-. The van der Waals surface area contributed by atoms with E-state index in [0.717, 1.165) is 5.56 Å². The third kappa shape index (κ3) is 1.88. The second-order valence-electron chi connectivity index (χ2n) is 2.87. The van der Waals surface area contributed by atoms with Gasteiger partial charge in [-0.05, 0) is 13.0 Å². The van der Waals surface area contributed by atoms with Gasteiger partial charge in [0, 0.05) is 11.5 Å². The van der Waals surface area contributed by atoms with Gasteiger partial charge < -0.3 is 5.11 Å². The Bertz CT molecular complexity index is 276. The maximum Gasteiger partial charge on any atom is 0.119 e. The number of para-hydroxylation sites is 1. The third-order valence-corrected chi connectivity index (χ3v) is 1.91. The van der Waals surface area contributed by atoms with Crippen LogP contribution in [0.2, 0.25) is 0 Å². The first-order valence-corrected chi connectivity index (χ1v) is 4.16. The monoisotopic (exact) mass is 162 g/mol. The Balaban J connectivity index is 2.94. The minimum Gasteiger partial charge on any atom is -0.508 e. The smallest absolute Gasteiger partial charge is 0.119 e. The lowest BCUT2D eigenvalue weighted by Gasteiger charge is -2.07. The van der Waals surface area contributed by atoms with Crippen LogP contribution < -0.4 is 0 Å². The molecular formula is C11H14O. The molecule has 1 unspecified atom stereocenters. The summed E-state index contributed by atoms with van der Waals surface area (Å²) in [5.41, 5.74) is 0.982. The molecule has 0 spiro atoms. The molecule has 0 fully saturated rings. The highest BCUT2D eigenvalue weighted by atomic mass is 16.3. The van der Waals surface area contributed by atoms with Crippen LogP contribution in [-0.2, 0) is 0 Å². The number of phenolic OH excluding ortho intramolecular Hbond substituents is 1. The third-order valence-electron chi connectivity index (χ3n) is 1.91. The zero-order valence-corrected chi connectivity index (χ0v) is 7.49. The number of phenols is 1. The molecule has 0 saturated heterocycles. The topological polar surface area (TPSA) is 20.2 Å². The number of benzene rings is 1. The number of rotatable bonds is 2. The van der Waals surface area contributed by atoms with E-state index in [-0.39, 0.29) is 5.92 Å². The second-order valence-corrected chi connectivity index (χ2v) is 2.87. The van der Waals surface area contributed by atoms with Crippen molar-refractivity contribution in [3.8, 4) is 5.75 Å². The van der Waals surface area contributed by atoms with Gasteiger partial charge in [0.25, 0.3) is 0 Å². The Morgan fingerprint density at radius 2 is 2.00 bits per heavy atom. The molecule has 1 atom stereocenters. The fraction of sp³-hybridized carbons (Fsp3) is 0.273. The maximum atomic E-state index is 9.47. The molecule has 64 valence electrons. The summed E-state index contributed by atoms with van der Waals surface area (Å²) in [7, 11) is 0. The fourth-order valence-electron chi connectivity index (χ4n) is 1.26. The van der Waals surface area contributed by atoms with Crippen molar-refractivity contribution in [1.82, 2.24) is 0 Å². The predicted octanol–water partition coefficient (Wildman–Crippen LogP) is 3.07. The summed E-state index contributed by atoms with van der Waals surface area (Å²) < 4.78 is 0. The van der Waals surface area contributed by atoms with Crippen molar-refractivity contribution in [3.05, 3.63) is 42.0 Å². The van der Waals surface area contributed by atoms with Crippen molar-refractivity contribution in [3.63, 3.8) is 0 Å². The van der Waals surface area contributed by atoms with E-state index in [1.54, 1.807) is 6.07 Å². The van der Waals surface area contributed by atoms with Gasteiger partial charge in [0.05, 0.1) is 0 Å². The van der Waals surface area contributed by atoms with Crippen LogP contribution >= 0.6 is 0 Å². The molecule has 1 heteroatoms. The zero-order valence-electron chi connectivity index (χ0n) is 7.49. The summed E-state index contributed by atoms with van der Waals surface area (Å²) in [5.74, 6) is 0.666. The van der Waals surface area contributed by atoms with E-state index in [1.807, 2.05) is 31.2 Å². The van der Waals surface area contributed by atoms with Gasteiger partial charge >= 0.3 is 0 Å². The molecule has 0 bridgehead atoms. The van der Waals surface area contributed by atoms with E-state index in [0.29, 0.717) is 5.75 Å². The van der Waals surface area contributed by atoms with Crippen LogP contribution in [0.1, 0.15) is 25.3 Å². The SMILES string of the molecule is C/C=C\C(C)c1ccccc1O. The lowest BCUT2D eigenvalue weighted by atomic mass is 10.00. The van der Waals surface area contributed by atoms with E-state index in [9.17, 15) is 5.11 Å². The van der Waals surface area contributed by atoms with Crippen molar-refractivity contribution in [1.29, 1.82) is 0 Å². The second kappa shape index (κ2) is 3.96. The molecule has 1 nitrogen and oxygen atoms in total. The normalized spacial score (nSPS) is 13.5. The van der Waals surface area contributed by atoms with Gasteiger partial charge in [-0.2, -0.15) is 0 Å². The zero-order chi connectivity index (χ0) is 8.97. The Hall–Kier alpha value is -1.24. The summed E-state index contributed by atoms with van der Waals surface area (Å²) in [6.07, 6.45) is 4.06. The minimum atomic E-state index is 0.288. The van der Waals surface area contributed by atoms with Gasteiger partial charge in [0.1, 0.15) is 5.75 Å². The van der Waals surface area contributed by atoms with Crippen LogP contribution in [-0.4, -0.2) is 5.11 Å². The van der Waals surface area contributed by atoms with E-state index in [2.05, 4.69) is 13.0 Å².